The van der Waals surface area contributed by atoms with Gasteiger partial charge in [0.15, 0.2) is 0 Å². The standard InChI is InChI=1S/C24H16Cl2F3NO7/c25-18-4-2-1-3-17(18)23(32)36-10-9-35-22(31)12-14-11-16(6-7-20(14)30(33)34)37-21-8-5-15(13-19(21)26)24(27,28)29/h1-8,11,13H,9-10,12H2. The van der Waals surface area contributed by atoms with E-state index in [0.717, 1.165) is 18.2 Å². The number of halogens is 5. The third kappa shape index (κ3) is 7.58. The Hall–Kier alpha value is -3.83. The largest absolute Gasteiger partial charge is 0.462 e. The van der Waals surface area contributed by atoms with Gasteiger partial charge in [-0.3, -0.25) is 14.9 Å². The summed E-state index contributed by atoms with van der Waals surface area (Å²) in [4.78, 5) is 34.9. The number of nitro groups is 1. The second-order valence-corrected chi connectivity index (χ2v) is 8.12. The van der Waals surface area contributed by atoms with Crippen molar-refractivity contribution in [3.63, 3.8) is 0 Å². The summed E-state index contributed by atoms with van der Waals surface area (Å²) in [5.41, 5.74) is -1.33. The van der Waals surface area contributed by atoms with Gasteiger partial charge in [-0.2, -0.15) is 13.2 Å². The lowest BCUT2D eigenvalue weighted by atomic mass is 10.1. The molecule has 8 nitrogen and oxygen atoms in total. The fourth-order valence-electron chi connectivity index (χ4n) is 3.03. The average molecular weight is 558 g/mol. The minimum absolute atomic E-state index is 0.0104. The second-order valence-electron chi connectivity index (χ2n) is 7.31. The summed E-state index contributed by atoms with van der Waals surface area (Å²) in [6.45, 7) is -0.604. The summed E-state index contributed by atoms with van der Waals surface area (Å²) in [6.07, 6.45) is -5.14. The summed E-state index contributed by atoms with van der Waals surface area (Å²) >= 11 is 11.8. The molecule has 3 rings (SSSR count). The summed E-state index contributed by atoms with van der Waals surface area (Å²) < 4.78 is 53.9. The van der Waals surface area contributed by atoms with Crippen molar-refractivity contribution in [2.24, 2.45) is 0 Å². The summed E-state index contributed by atoms with van der Waals surface area (Å²) in [6, 6.07) is 12.1. The number of carbonyl (C=O) groups is 2. The van der Waals surface area contributed by atoms with Gasteiger partial charge in [0.2, 0.25) is 0 Å². The van der Waals surface area contributed by atoms with E-state index >= 15 is 0 Å². The second kappa shape index (κ2) is 11.9. The Morgan fingerprint density at radius 2 is 1.62 bits per heavy atom. The Kier molecular flexibility index (Phi) is 8.95. The summed E-state index contributed by atoms with van der Waals surface area (Å²) in [5, 5.41) is 11.2. The van der Waals surface area contributed by atoms with E-state index in [1.165, 1.54) is 24.3 Å². The number of carbonyl (C=O) groups excluding carboxylic acids is 2. The van der Waals surface area contributed by atoms with E-state index in [0.29, 0.717) is 6.07 Å². The number of hydrogen-bond acceptors (Lipinski definition) is 7. The zero-order valence-corrected chi connectivity index (χ0v) is 20.1. The number of nitrogens with zero attached hydrogens (tertiary/aromatic N) is 1. The molecule has 13 heteroatoms. The zero-order chi connectivity index (χ0) is 27.2. The van der Waals surface area contributed by atoms with Crippen molar-refractivity contribution in [2.75, 3.05) is 13.2 Å². The molecule has 0 N–H and O–H groups in total. The number of ether oxygens (including phenoxy) is 3. The Bertz CT molecular complexity index is 1330. The van der Waals surface area contributed by atoms with Gasteiger partial charge in [0.05, 0.1) is 32.5 Å². The van der Waals surface area contributed by atoms with Crippen LogP contribution >= 0.6 is 23.2 Å². The highest BCUT2D eigenvalue weighted by molar-refractivity contribution is 6.33. The Morgan fingerprint density at radius 1 is 0.919 bits per heavy atom. The normalized spacial score (nSPS) is 11.1. The molecule has 0 fully saturated rings. The molecule has 0 heterocycles. The number of rotatable bonds is 9. The summed E-state index contributed by atoms with van der Waals surface area (Å²) in [5.74, 6) is -1.72. The van der Waals surface area contributed by atoms with E-state index in [4.69, 9.17) is 37.4 Å². The summed E-state index contributed by atoms with van der Waals surface area (Å²) in [7, 11) is 0. The molecule has 0 aliphatic carbocycles. The van der Waals surface area contributed by atoms with Gasteiger partial charge in [0.25, 0.3) is 5.69 Å². The molecule has 0 bridgehead atoms. The minimum Gasteiger partial charge on any atom is -0.462 e. The van der Waals surface area contributed by atoms with Gasteiger partial charge in [0, 0.05) is 11.6 Å². The SMILES string of the molecule is O=C(Cc1cc(Oc2ccc(C(F)(F)F)cc2Cl)ccc1[N+](=O)[O-])OCCOC(=O)c1ccccc1Cl. The highest BCUT2D eigenvalue weighted by Gasteiger charge is 2.31. The quantitative estimate of drug-likeness (QED) is 0.125. The fourth-order valence-corrected chi connectivity index (χ4v) is 3.46. The maximum absolute atomic E-state index is 12.8. The van der Waals surface area contributed by atoms with Gasteiger partial charge < -0.3 is 14.2 Å². The predicted octanol–water partition coefficient (Wildman–Crippen LogP) is 6.66. The van der Waals surface area contributed by atoms with Crippen LogP contribution in [0.15, 0.2) is 60.7 Å². The molecule has 0 aliphatic rings. The average Bonchev–Trinajstić information content (AvgIpc) is 2.82. The first kappa shape index (κ1) is 27.8. The maximum atomic E-state index is 12.8. The van der Waals surface area contributed by atoms with Crippen LogP contribution < -0.4 is 4.74 Å². The Balaban J connectivity index is 1.63. The van der Waals surface area contributed by atoms with Crippen molar-refractivity contribution in [1.29, 1.82) is 0 Å². The van der Waals surface area contributed by atoms with Crippen molar-refractivity contribution in [3.8, 4) is 11.5 Å². The molecule has 0 amide bonds. The van der Waals surface area contributed by atoms with E-state index in [-0.39, 0.29) is 45.9 Å². The Labute approximate surface area is 217 Å². The van der Waals surface area contributed by atoms with Crippen LogP contribution in [0, 0.1) is 10.1 Å². The van der Waals surface area contributed by atoms with Gasteiger partial charge in [-0.15, -0.1) is 0 Å². The van der Waals surface area contributed by atoms with Crippen molar-refractivity contribution >= 4 is 40.8 Å². The highest BCUT2D eigenvalue weighted by Crippen LogP contribution is 2.37. The number of hydrogen-bond donors (Lipinski definition) is 0. The molecule has 194 valence electrons. The molecule has 0 aliphatic heterocycles. The zero-order valence-electron chi connectivity index (χ0n) is 18.6. The molecule has 0 aromatic heterocycles. The van der Waals surface area contributed by atoms with Gasteiger partial charge in [-0.25, -0.2) is 4.79 Å². The lowest BCUT2D eigenvalue weighted by Crippen LogP contribution is -2.16. The molecule has 0 unspecified atom stereocenters. The molecule has 37 heavy (non-hydrogen) atoms. The van der Waals surface area contributed by atoms with Crippen LogP contribution in [0.5, 0.6) is 11.5 Å². The lowest BCUT2D eigenvalue weighted by Gasteiger charge is -2.12. The monoisotopic (exact) mass is 557 g/mol. The smallest absolute Gasteiger partial charge is 0.416 e. The van der Waals surface area contributed by atoms with Crippen LogP contribution in [0.25, 0.3) is 0 Å². The van der Waals surface area contributed by atoms with Crippen molar-refractivity contribution < 1.29 is 41.9 Å². The van der Waals surface area contributed by atoms with E-state index in [9.17, 15) is 32.9 Å². The van der Waals surface area contributed by atoms with Gasteiger partial charge in [-0.05, 0) is 42.5 Å². The molecule has 3 aromatic rings. The molecule has 3 aromatic carbocycles. The van der Waals surface area contributed by atoms with Crippen LogP contribution in [0.3, 0.4) is 0 Å². The highest BCUT2D eigenvalue weighted by atomic mass is 35.5. The maximum Gasteiger partial charge on any atom is 0.416 e. The molecular weight excluding hydrogens is 542 g/mol. The first-order chi connectivity index (χ1) is 17.5. The molecular formula is C24H16Cl2F3NO7. The van der Waals surface area contributed by atoms with Gasteiger partial charge >= 0.3 is 18.1 Å². The van der Waals surface area contributed by atoms with Gasteiger partial charge in [0.1, 0.15) is 24.7 Å². The van der Waals surface area contributed by atoms with Crippen LogP contribution in [-0.2, 0) is 26.9 Å². The third-order valence-corrected chi connectivity index (χ3v) is 5.37. The van der Waals surface area contributed by atoms with E-state index < -0.39 is 40.7 Å². The van der Waals surface area contributed by atoms with Crippen LogP contribution in [0.2, 0.25) is 10.0 Å². The number of nitro benzene ring substituents is 1. The van der Waals surface area contributed by atoms with E-state index in [1.54, 1.807) is 12.1 Å². The molecule has 0 atom stereocenters. The van der Waals surface area contributed by atoms with Crippen molar-refractivity contribution in [3.05, 3.63) is 97.5 Å². The first-order valence-electron chi connectivity index (χ1n) is 10.3. The number of alkyl halides is 3. The van der Waals surface area contributed by atoms with Crippen molar-refractivity contribution in [1.82, 2.24) is 0 Å². The molecule has 0 spiro atoms. The third-order valence-electron chi connectivity index (χ3n) is 4.74. The first-order valence-corrected chi connectivity index (χ1v) is 11.1. The predicted molar refractivity (Wildman–Crippen MR) is 126 cm³/mol. The topological polar surface area (TPSA) is 105 Å². The van der Waals surface area contributed by atoms with Crippen molar-refractivity contribution in [2.45, 2.75) is 12.6 Å². The fraction of sp³-hybridized carbons (Fsp3) is 0.167. The minimum atomic E-state index is -4.60. The van der Waals surface area contributed by atoms with Crippen LogP contribution in [0.1, 0.15) is 21.5 Å². The van der Waals surface area contributed by atoms with E-state index in [2.05, 4.69) is 0 Å². The lowest BCUT2D eigenvalue weighted by molar-refractivity contribution is -0.385. The molecule has 0 radical (unpaired) electrons. The van der Waals surface area contributed by atoms with Gasteiger partial charge in [-0.1, -0.05) is 35.3 Å². The molecule has 0 saturated heterocycles. The number of benzene rings is 3. The Morgan fingerprint density at radius 3 is 2.27 bits per heavy atom. The number of esters is 2. The van der Waals surface area contributed by atoms with Crippen LogP contribution in [0.4, 0.5) is 18.9 Å². The van der Waals surface area contributed by atoms with E-state index in [1.807, 2.05) is 0 Å². The molecule has 0 saturated carbocycles. The van der Waals surface area contributed by atoms with Crippen LogP contribution in [-0.4, -0.2) is 30.1 Å².